The van der Waals surface area contributed by atoms with Gasteiger partial charge in [-0.2, -0.15) is 28.8 Å². The van der Waals surface area contributed by atoms with Gasteiger partial charge >= 0.3 is 0 Å². The van der Waals surface area contributed by atoms with Crippen LogP contribution in [0, 0.1) is 11.3 Å². The van der Waals surface area contributed by atoms with Gasteiger partial charge in [-0.1, -0.05) is 6.07 Å². The maximum atomic E-state index is 9.26. The molecule has 0 radical (unpaired) electrons. The SMILES string of the molecule is CC(Cl)c1nc2c(C#N)cccc2n1CC1CSCCS1. The van der Waals surface area contributed by atoms with Crippen molar-refractivity contribution in [2.75, 3.05) is 17.3 Å². The van der Waals surface area contributed by atoms with E-state index in [1.165, 1.54) is 17.3 Å². The summed E-state index contributed by atoms with van der Waals surface area (Å²) in [6, 6.07) is 7.99. The molecule has 1 aromatic carbocycles. The van der Waals surface area contributed by atoms with Gasteiger partial charge in [-0.15, -0.1) is 11.6 Å². The highest BCUT2D eigenvalue weighted by Crippen LogP contribution is 2.30. The summed E-state index contributed by atoms with van der Waals surface area (Å²) in [7, 11) is 0. The van der Waals surface area contributed by atoms with E-state index in [1.54, 1.807) is 0 Å². The number of para-hydroxylation sites is 1. The Labute approximate surface area is 138 Å². The molecule has 0 bridgehead atoms. The Bertz CT molecular complexity index is 684. The van der Waals surface area contributed by atoms with Crippen LogP contribution in [-0.2, 0) is 6.54 Å². The highest BCUT2D eigenvalue weighted by molar-refractivity contribution is 8.06. The van der Waals surface area contributed by atoms with Gasteiger partial charge in [0.25, 0.3) is 0 Å². The van der Waals surface area contributed by atoms with Gasteiger partial charge in [0.05, 0.1) is 16.5 Å². The molecule has 0 saturated carbocycles. The molecule has 21 heavy (non-hydrogen) atoms. The first kappa shape index (κ1) is 15.1. The third kappa shape index (κ3) is 3.03. The predicted molar refractivity (Wildman–Crippen MR) is 92.3 cm³/mol. The lowest BCUT2D eigenvalue weighted by atomic mass is 10.2. The van der Waals surface area contributed by atoms with Gasteiger partial charge in [-0.3, -0.25) is 0 Å². The number of benzene rings is 1. The third-order valence-corrected chi connectivity index (χ3v) is 6.58. The highest BCUT2D eigenvalue weighted by Gasteiger charge is 2.21. The fraction of sp³-hybridized carbons (Fsp3) is 0.467. The van der Waals surface area contributed by atoms with Gasteiger partial charge in [-0.05, 0) is 19.1 Å². The van der Waals surface area contributed by atoms with E-state index in [0.29, 0.717) is 10.8 Å². The lowest BCUT2D eigenvalue weighted by Crippen LogP contribution is -2.21. The molecule has 0 amide bonds. The van der Waals surface area contributed by atoms with Gasteiger partial charge in [-0.25, -0.2) is 4.98 Å². The number of hydrogen-bond donors (Lipinski definition) is 0. The van der Waals surface area contributed by atoms with Crippen molar-refractivity contribution in [3.05, 3.63) is 29.6 Å². The minimum absolute atomic E-state index is 0.162. The summed E-state index contributed by atoms with van der Waals surface area (Å²) in [6.07, 6.45) is 0. The van der Waals surface area contributed by atoms with Crippen LogP contribution in [0.25, 0.3) is 11.0 Å². The van der Waals surface area contributed by atoms with Crippen molar-refractivity contribution in [1.29, 1.82) is 5.26 Å². The molecule has 2 heterocycles. The van der Waals surface area contributed by atoms with Crippen molar-refractivity contribution in [2.24, 2.45) is 0 Å². The van der Waals surface area contributed by atoms with Crippen molar-refractivity contribution < 1.29 is 0 Å². The van der Waals surface area contributed by atoms with Gasteiger partial charge in [0.15, 0.2) is 0 Å². The number of alkyl halides is 1. The number of rotatable bonds is 3. The Morgan fingerprint density at radius 2 is 2.38 bits per heavy atom. The molecule has 0 spiro atoms. The Hall–Kier alpha value is -0.830. The second kappa shape index (κ2) is 6.51. The molecule has 0 aliphatic carbocycles. The van der Waals surface area contributed by atoms with E-state index in [0.717, 1.165) is 23.4 Å². The molecule has 2 aromatic rings. The van der Waals surface area contributed by atoms with Crippen molar-refractivity contribution in [2.45, 2.75) is 24.1 Å². The van der Waals surface area contributed by atoms with Crippen LogP contribution in [0.3, 0.4) is 0 Å². The number of nitrogens with zero attached hydrogens (tertiary/aromatic N) is 3. The van der Waals surface area contributed by atoms with Crippen LogP contribution in [0.15, 0.2) is 18.2 Å². The minimum Gasteiger partial charge on any atom is -0.326 e. The first-order valence-corrected chi connectivity index (χ1v) is 9.57. The molecule has 2 unspecified atom stereocenters. The number of thioether (sulfide) groups is 2. The van der Waals surface area contributed by atoms with Crippen molar-refractivity contribution in [3.63, 3.8) is 0 Å². The van der Waals surface area contributed by atoms with E-state index < -0.39 is 0 Å². The molecule has 2 atom stereocenters. The van der Waals surface area contributed by atoms with E-state index >= 15 is 0 Å². The molecule has 6 heteroatoms. The van der Waals surface area contributed by atoms with Gasteiger partial charge < -0.3 is 4.57 Å². The van der Waals surface area contributed by atoms with E-state index in [4.69, 9.17) is 11.6 Å². The Balaban J connectivity index is 2.06. The lowest BCUT2D eigenvalue weighted by molar-refractivity contribution is 0.667. The predicted octanol–water partition coefficient (Wildman–Crippen LogP) is 4.06. The Morgan fingerprint density at radius 1 is 1.52 bits per heavy atom. The number of imidazole rings is 1. The average Bonchev–Trinajstić information content (AvgIpc) is 2.87. The molecule has 1 aliphatic heterocycles. The summed E-state index contributed by atoms with van der Waals surface area (Å²) in [5.41, 5.74) is 2.42. The molecule has 1 aromatic heterocycles. The maximum Gasteiger partial charge on any atom is 0.127 e. The van der Waals surface area contributed by atoms with Crippen LogP contribution in [0.5, 0.6) is 0 Å². The Kier molecular flexibility index (Phi) is 4.68. The van der Waals surface area contributed by atoms with E-state index in [1.807, 2.05) is 48.6 Å². The monoisotopic (exact) mass is 337 g/mol. The molecular weight excluding hydrogens is 322 g/mol. The number of hydrogen-bond acceptors (Lipinski definition) is 4. The summed E-state index contributed by atoms with van der Waals surface area (Å²) in [4.78, 5) is 4.64. The van der Waals surface area contributed by atoms with Crippen molar-refractivity contribution in [3.8, 4) is 6.07 Å². The molecular formula is C15H16ClN3S2. The summed E-state index contributed by atoms with van der Waals surface area (Å²) in [5.74, 6) is 4.48. The second-order valence-electron chi connectivity index (χ2n) is 5.05. The summed E-state index contributed by atoms with van der Waals surface area (Å²) < 4.78 is 2.21. The summed E-state index contributed by atoms with van der Waals surface area (Å²) in [5, 5.41) is 9.68. The smallest absolute Gasteiger partial charge is 0.127 e. The Morgan fingerprint density at radius 3 is 3.05 bits per heavy atom. The zero-order chi connectivity index (χ0) is 14.8. The fourth-order valence-corrected chi connectivity index (χ4v) is 5.42. The van der Waals surface area contributed by atoms with Crippen molar-refractivity contribution >= 4 is 46.2 Å². The molecule has 1 saturated heterocycles. The van der Waals surface area contributed by atoms with Crippen LogP contribution in [0.1, 0.15) is 23.7 Å². The van der Waals surface area contributed by atoms with Crippen LogP contribution in [-0.4, -0.2) is 32.1 Å². The fourth-order valence-electron chi connectivity index (χ4n) is 2.60. The van der Waals surface area contributed by atoms with Crippen LogP contribution < -0.4 is 0 Å². The number of nitriles is 1. The standard InChI is InChI=1S/C15H16ClN3S2/c1-10(16)15-18-14-11(7-17)3-2-4-13(14)19(15)8-12-9-20-5-6-21-12/h2-4,10,12H,5-6,8-9H2,1H3. The minimum atomic E-state index is -0.162. The average molecular weight is 338 g/mol. The number of fused-ring (bicyclic) bond motifs is 1. The van der Waals surface area contributed by atoms with E-state index in [2.05, 4.69) is 15.6 Å². The van der Waals surface area contributed by atoms with Gasteiger partial charge in [0.1, 0.15) is 17.4 Å². The molecule has 0 N–H and O–H groups in total. The van der Waals surface area contributed by atoms with E-state index in [-0.39, 0.29) is 5.38 Å². The molecule has 110 valence electrons. The van der Waals surface area contributed by atoms with Crippen LogP contribution in [0.2, 0.25) is 0 Å². The van der Waals surface area contributed by atoms with Gasteiger partial charge in [0, 0.05) is 29.1 Å². The first-order valence-electron chi connectivity index (χ1n) is 6.93. The quantitative estimate of drug-likeness (QED) is 0.792. The largest absolute Gasteiger partial charge is 0.326 e. The van der Waals surface area contributed by atoms with E-state index in [9.17, 15) is 5.26 Å². The number of halogens is 1. The number of aromatic nitrogens is 2. The molecule has 1 fully saturated rings. The normalized spacial score (nSPS) is 20.3. The maximum absolute atomic E-state index is 9.26. The van der Waals surface area contributed by atoms with Crippen molar-refractivity contribution in [1.82, 2.24) is 9.55 Å². The van der Waals surface area contributed by atoms with Gasteiger partial charge in [0.2, 0.25) is 0 Å². The summed E-state index contributed by atoms with van der Waals surface area (Å²) in [6.45, 7) is 2.85. The molecule has 3 nitrogen and oxygen atoms in total. The third-order valence-electron chi connectivity index (χ3n) is 3.56. The second-order valence-corrected chi connectivity index (χ2v) is 8.26. The zero-order valence-corrected chi connectivity index (χ0v) is 14.1. The highest BCUT2D eigenvalue weighted by atomic mass is 35.5. The molecule has 3 rings (SSSR count). The molecule has 1 aliphatic rings. The van der Waals surface area contributed by atoms with Crippen LogP contribution >= 0.6 is 35.1 Å². The topological polar surface area (TPSA) is 41.6 Å². The first-order chi connectivity index (χ1) is 10.2. The van der Waals surface area contributed by atoms with Crippen LogP contribution in [0.4, 0.5) is 0 Å². The zero-order valence-electron chi connectivity index (χ0n) is 11.8. The summed E-state index contributed by atoms with van der Waals surface area (Å²) >= 11 is 10.3. The lowest BCUT2D eigenvalue weighted by Gasteiger charge is -2.23.